The van der Waals surface area contributed by atoms with E-state index in [1.165, 1.54) is 104 Å². The Kier molecular flexibility index (Phi) is 4.59. The monoisotopic (exact) mass is 690 g/mol. The van der Waals surface area contributed by atoms with Crippen LogP contribution < -0.4 is 13.9 Å². The number of hydrogen-bond acceptors (Lipinski definition) is 1. The number of para-hydroxylation sites is 1. The highest BCUT2D eigenvalue weighted by atomic mass is 16.5. The van der Waals surface area contributed by atoms with Gasteiger partial charge in [0, 0.05) is 33.2 Å². The number of rotatable bonds is 1. The fraction of sp³-hybridized carbons (Fsp3) is 0.0612. The molecule has 7 heterocycles. The lowest BCUT2D eigenvalue weighted by atomic mass is 9.83. The van der Waals surface area contributed by atoms with Gasteiger partial charge in [0.25, 0.3) is 11.5 Å². The highest BCUT2D eigenvalue weighted by Gasteiger charge is 2.65. The quantitative estimate of drug-likeness (QED) is 0.0957. The van der Waals surface area contributed by atoms with E-state index >= 15 is 0 Å². The largest absolute Gasteiger partial charge is 0.456 e. The lowest BCUT2D eigenvalue weighted by Gasteiger charge is -2.36. The van der Waals surface area contributed by atoms with E-state index in [2.05, 4.69) is 178 Å². The predicted molar refractivity (Wildman–Crippen MR) is 215 cm³/mol. The molecule has 0 amide bonds. The summed E-state index contributed by atoms with van der Waals surface area (Å²) < 4.78 is 17.2. The third-order valence-electron chi connectivity index (χ3n) is 12.9. The summed E-state index contributed by atoms with van der Waals surface area (Å²) in [4.78, 5) is 0. The van der Waals surface area contributed by atoms with Crippen molar-refractivity contribution >= 4 is 70.7 Å². The summed E-state index contributed by atoms with van der Waals surface area (Å²) in [5.74, 6) is 2.94. The van der Waals surface area contributed by atoms with Gasteiger partial charge in [-0.1, -0.05) is 60.7 Å². The molecule has 5 heteroatoms. The molecule has 0 aliphatic carbocycles. The summed E-state index contributed by atoms with van der Waals surface area (Å²) in [6.45, 7) is 4.50. The normalized spacial score (nSPS) is 16.2. The number of pyridine rings is 2. The third-order valence-corrected chi connectivity index (χ3v) is 12.9. The fourth-order valence-corrected chi connectivity index (χ4v) is 10.9. The molecule has 1 atom stereocenters. The first kappa shape index (κ1) is 27.6. The lowest BCUT2D eigenvalue weighted by molar-refractivity contribution is -0.956. The number of aryl methyl sites for hydroxylation is 2. The van der Waals surface area contributed by atoms with Gasteiger partial charge >= 0.3 is 5.66 Å². The minimum atomic E-state index is -0.739. The summed E-state index contributed by atoms with van der Waals surface area (Å²) in [6, 6.07) is 49.4. The minimum Gasteiger partial charge on any atom is -0.456 e. The van der Waals surface area contributed by atoms with E-state index in [9.17, 15) is 0 Å². The van der Waals surface area contributed by atoms with Gasteiger partial charge in [0.15, 0.2) is 11.2 Å². The van der Waals surface area contributed by atoms with Crippen LogP contribution >= 0.6 is 0 Å². The van der Waals surface area contributed by atoms with Gasteiger partial charge in [0.2, 0.25) is 0 Å². The zero-order valence-corrected chi connectivity index (χ0v) is 29.6. The van der Waals surface area contributed by atoms with Crippen molar-refractivity contribution in [2.75, 3.05) is 0 Å². The maximum absolute atomic E-state index is 7.07. The highest BCUT2D eigenvalue weighted by Crippen LogP contribution is 2.57. The molecule has 4 aromatic heterocycles. The summed E-state index contributed by atoms with van der Waals surface area (Å²) in [6.07, 6.45) is 4.73. The van der Waals surface area contributed by atoms with Crippen molar-refractivity contribution < 1.29 is 13.9 Å². The Balaban J connectivity index is 1.27. The van der Waals surface area contributed by atoms with E-state index in [-0.39, 0.29) is 0 Å². The van der Waals surface area contributed by atoms with Gasteiger partial charge in [-0.2, -0.15) is 18.1 Å². The number of fused-ring (bicyclic) bond motifs is 10. The molecule has 3 aliphatic heterocycles. The average molecular weight is 691 g/mol. The van der Waals surface area contributed by atoms with Crippen LogP contribution in [0.4, 0.5) is 0 Å². The Morgan fingerprint density at radius 1 is 0.556 bits per heavy atom. The standard InChI is InChI=1S/C49H30N4O/c1-27-10-9-11-28(2)43(27)39-26-51-48-44-34(36-24-31-22-29-12-3-4-13-30(29)23-32(31)25-38(36)52(39)48)17-19-40-45(44)49(51)46-41(54-40)20-18-35-33-14-5-6-15-37(33)53(47(35)46)42-16-7-8-21-50(42)49/h3-26H,1-2H3/q+2. The Morgan fingerprint density at radius 2 is 1.28 bits per heavy atom. The number of ether oxygens (including phenoxy) is 1. The van der Waals surface area contributed by atoms with Crippen molar-refractivity contribution in [2.45, 2.75) is 19.5 Å². The number of imidazole rings is 1. The first-order chi connectivity index (χ1) is 26.6. The van der Waals surface area contributed by atoms with Crippen molar-refractivity contribution in [2.24, 2.45) is 0 Å². The molecule has 7 aromatic carbocycles. The van der Waals surface area contributed by atoms with Gasteiger partial charge in [-0.15, -0.1) is 0 Å². The Labute approximate surface area is 308 Å². The molecule has 0 saturated heterocycles. The molecule has 0 radical (unpaired) electrons. The summed E-state index contributed by atoms with van der Waals surface area (Å²) in [7, 11) is 0. The molecule has 0 fully saturated rings. The third kappa shape index (κ3) is 2.88. The Bertz CT molecular complexity index is 3600. The first-order valence-corrected chi connectivity index (χ1v) is 18.8. The SMILES string of the molecule is Cc1cccc(C)c1-c1c[n+]2c3c4c5c(ccc4c4cc6cc7ccccc7cc6cc4n13)Oc1ccc3c4ccccc4n4c3c1C52[n+]1ccccc1-4. The molecule has 250 valence electrons. The van der Waals surface area contributed by atoms with Crippen LogP contribution in [0.2, 0.25) is 0 Å². The van der Waals surface area contributed by atoms with E-state index in [1.54, 1.807) is 0 Å². The molecule has 14 rings (SSSR count). The van der Waals surface area contributed by atoms with Crippen LogP contribution in [-0.2, 0) is 5.66 Å². The van der Waals surface area contributed by atoms with Crippen LogP contribution in [0.1, 0.15) is 22.3 Å². The summed E-state index contributed by atoms with van der Waals surface area (Å²) in [5.41, 5.74) is 11.4. The molecule has 5 nitrogen and oxygen atoms in total. The van der Waals surface area contributed by atoms with Gasteiger partial charge in [-0.3, -0.25) is 0 Å². The van der Waals surface area contributed by atoms with Gasteiger partial charge in [0.1, 0.15) is 39.9 Å². The van der Waals surface area contributed by atoms with E-state index in [0.717, 1.165) is 17.3 Å². The second-order valence-electron chi connectivity index (χ2n) is 15.5. The zero-order chi connectivity index (χ0) is 35.2. The van der Waals surface area contributed by atoms with Crippen LogP contribution in [0.25, 0.3) is 87.7 Å². The second kappa shape index (κ2) is 8.96. The van der Waals surface area contributed by atoms with E-state index in [4.69, 9.17) is 4.74 Å². The fourth-order valence-electron chi connectivity index (χ4n) is 10.9. The average Bonchev–Trinajstić information content (AvgIpc) is 3.85. The molecular formula is C49H30N4O+2. The van der Waals surface area contributed by atoms with E-state index in [1.807, 2.05) is 0 Å². The second-order valence-corrected chi connectivity index (χ2v) is 15.5. The molecule has 1 spiro atoms. The molecule has 0 bridgehead atoms. The van der Waals surface area contributed by atoms with Crippen LogP contribution in [0, 0.1) is 13.8 Å². The smallest absolute Gasteiger partial charge is 0.318 e. The van der Waals surface area contributed by atoms with Crippen LogP contribution in [-0.4, -0.2) is 8.97 Å². The van der Waals surface area contributed by atoms with Gasteiger partial charge in [-0.05, 0) is 113 Å². The maximum Gasteiger partial charge on any atom is 0.318 e. The van der Waals surface area contributed by atoms with Gasteiger partial charge < -0.3 is 4.74 Å². The predicted octanol–water partition coefficient (Wildman–Crippen LogP) is 10.5. The zero-order valence-electron chi connectivity index (χ0n) is 29.6. The first-order valence-electron chi connectivity index (χ1n) is 18.8. The number of benzene rings is 7. The number of aromatic nitrogens is 4. The Hall–Kier alpha value is -6.98. The molecule has 1 unspecified atom stereocenters. The van der Waals surface area contributed by atoms with Crippen LogP contribution in [0.3, 0.4) is 0 Å². The molecule has 54 heavy (non-hydrogen) atoms. The van der Waals surface area contributed by atoms with Crippen LogP contribution in [0.15, 0.2) is 146 Å². The van der Waals surface area contributed by atoms with Crippen molar-refractivity contribution in [1.82, 2.24) is 8.97 Å². The van der Waals surface area contributed by atoms with E-state index < -0.39 is 5.66 Å². The molecule has 11 aromatic rings. The number of hydrogen-bond donors (Lipinski definition) is 0. The van der Waals surface area contributed by atoms with Crippen LogP contribution in [0.5, 0.6) is 11.5 Å². The van der Waals surface area contributed by atoms with Crippen molar-refractivity contribution in [3.05, 3.63) is 168 Å². The maximum atomic E-state index is 7.07. The van der Waals surface area contributed by atoms with Crippen molar-refractivity contribution in [3.8, 4) is 28.6 Å². The molecule has 3 aliphatic rings. The summed E-state index contributed by atoms with van der Waals surface area (Å²) >= 11 is 0. The molecule has 0 saturated carbocycles. The number of nitrogens with zero attached hydrogens (tertiary/aromatic N) is 4. The lowest BCUT2D eigenvalue weighted by Crippen LogP contribution is -2.75. The Morgan fingerprint density at radius 3 is 2.11 bits per heavy atom. The topological polar surface area (TPSA) is 26.3 Å². The summed E-state index contributed by atoms with van der Waals surface area (Å²) in [5, 5.41) is 11.2. The van der Waals surface area contributed by atoms with Gasteiger partial charge in [0.05, 0.1) is 11.6 Å². The van der Waals surface area contributed by atoms with Gasteiger partial charge in [-0.25, -0.2) is 0 Å². The van der Waals surface area contributed by atoms with Crippen molar-refractivity contribution in [3.63, 3.8) is 0 Å². The van der Waals surface area contributed by atoms with Crippen molar-refractivity contribution in [1.29, 1.82) is 0 Å². The molecular weight excluding hydrogens is 661 g/mol. The highest BCUT2D eigenvalue weighted by molar-refractivity contribution is 6.19. The molecule has 0 N–H and O–H groups in total. The minimum absolute atomic E-state index is 0.739. The van der Waals surface area contributed by atoms with E-state index in [0.29, 0.717) is 0 Å².